The maximum atomic E-state index is 13.3. The topological polar surface area (TPSA) is 17.1 Å². The molecule has 1 aliphatic carbocycles. The summed E-state index contributed by atoms with van der Waals surface area (Å²) in [5.74, 6) is 0.807. The maximum Gasteiger partial charge on any atom is 0.137 e. The van der Waals surface area contributed by atoms with Crippen molar-refractivity contribution in [3.63, 3.8) is 0 Å². The summed E-state index contributed by atoms with van der Waals surface area (Å²) in [4.78, 5) is 12.3. The zero-order chi connectivity index (χ0) is 14.9. The van der Waals surface area contributed by atoms with E-state index in [0.29, 0.717) is 22.6 Å². The standard InChI is InChI=1S/C17H22BrFO/c1-11-4-6-13(16(20)8-11)17(2,3)10-12-5-7-15(19)14(18)9-12/h5,7,9,11,13H,4,6,8,10H2,1-3H3. The van der Waals surface area contributed by atoms with Crippen molar-refractivity contribution in [2.75, 3.05) is 0 Å². The number of carbonyl (C=O) groups is 1. The number of Topliss-reactive ketones (excluding diaryl/α,β-unsaturated/α-hetero) is 1. The Morgan fingerprint density at radius 2 is 2.05 bits per heavy atom. The Morgan fingerprint density at radius 3 is 2.65 bits per heavy atom. The number of rotatable bonds is 3. The summed E-state index contributed by atoms with van der Waals surface area (Å²) < 4.78 is 13.8. The molecule has 0 N–H and O–H groups in total. The van der Waals surface area contributed by atoms with Gasteiger partial charge in [-0.1, -0.05) is 26.8 Å². The summed E-state index contributed by atoms with van der Waals surface area (Å²) >= 11 is 3.23. The van der Waals surface area contributed by atoms with E-state index in [9.17, 15) is 9.18 Å². The summed E-state index contributed by atoms with van der Waals surface area (Å²) in [7, 11) is 0. The van der Waals surface area contributed by atoms with Crippen molar-refractivity contribution in [2.45, 2.75) is 46.5 Å². The average molecular weight is 341 g/mol. The summed E-state index contributed by atoms with van der Waals surface area (Å²) in [6.45, 7) is 6.46. The van der Waals surface area contributed by atoms with E-state index < -0.39 is 0 Å². The van der Waals surface area contributed by atoms with E-state index in [0.717, 1.165) is 24.8 Å². The van der Waals surface area contributed by atoms with Crippen LogP contribution < -0.4 is 0 Å². The fraction of sp³-hybridized carbons (Fsp3) is 0.588. The third kappa shape index (κ3) is 3.49. The summed E-state index contributed by atoms with van der Waals surface area (Å²) in [5, 5.41) is 0. The van der Waals surface area contributed by atoms with Crippen molar-refractivity contribution in [3.8, 4) is 0 Å². The van der Waals surface area contributed by atoms with Crippen molar-refractivity contribution >= 4 is 21.7 Å². The first-order valence-electron chi connectivity index (χ1n) is 7.26. The lowest BCUT2D eigenvalue weighted by molar-refractivity contribution is -0.129. The van der Waals surface area contributed by atoms with Crippen LogP contribution in [-0.4, -0.2) is 5.78 Å². The van der Waals surface area contributed by atoms with Gasteiger partial charge in [-0.25, -0.2) is 4.39 Å². The second-order valence-corrected chi connectivity index (χ2v) is 7.67. The number of carbonyl (C=O) groups excluding carboxylic acids is 1. The second kappa shape index (κ2) is 5.97. The predicted octanol–water partition coefficient (Wildman–Crippen LogP) is 5.16. The molecule has 1 nitrogen and oxygen atoms in total. The van der Waals surface area contributed by atoms with Crippen LogP contribution in [0.15, 0.2) is 22.7 Å². The lowest BCUT2D eigenvalue weighted by Gasteiger charge is -2.37. The molecule has 1 aromatic carbocycles. The minimum absolute atomic E-state index is 0.0749. The molecule has 2 unspecified atom stereocenters. The van der Waals surface area contributed by atoms with Gasteiger partial charge in [0.1, 0.15) is 11.6 Å². The van der Waals surface area contributed by atoms with Crippen LogP contribution in [0.2, 0.25) is 0 Å². The van der Waals surface area contributed by atoms with Gasteiger partial charge < -0.3 is 0 Å². The lowest BCUT2D eigenvalue weighted by atomic mass is 9.66. The van der Waals surface area contributed by atoms with E-state index in [4.69, 9.17) is 0 Å². The van der Waals surface area contributed by atoms with Crippen LogP contribution >= 0.6 is 15.9 Å². The smallest absolute Gasteiger partial charge is 0.137 e. The molecule has 0 bridgehead atoms. The molecule has 1 aliphatic rings. The van der Waals surface area contributed by atoms with Crippen LogP contribution in [0.3, 0.4) is 0 Å². The molecule has 2 rings (SSSR count). The lowest BCUT2D eigenvalue weighted by Crippen LogP contribution is -2.36. The molecule has 0 radical (unpaired) electrons. The molecule has 1 fully saturated rings. The van der Waals surface area contributed by atoms with Gasteiger partial charge in [-0.05, 0) is 64.2 Å². The van der Waals surface area contributed by atoms with Crippen LogP contribution in [0.4, 0.5) is 4.39 Å². The Balaban J connectivity index is 2.13. The highest BCUT2D eigenvalue weighted by atomic mass is 79.9. The van der Waals surface area contributed by atoms with Gasteiger partial charge in [0.25, 0.3) is 0 Å². The van der Waals surface area contributed by atoms with Crippen molar-refractivity contribution in [2.24, 2.45) is 17.3 Å². The monoisotopic (exact) mass is 340 g/mol. The molecular weight excluding hydrogens is 319 g/mol. The third-order valence-electron chi connectivity index (χ3n) is 4.47. The van der Waals surface area contributed by atoms with Crippen LogP contribution in [0.5, 0.6) is 0 Å². The maximum absolute atomic E-state index is 13.3. The van der Waals surface area contributed by atoms with Gasteiger partial charge in [-0.2, -0.15) is 0 Å². The number of ketones is 1. The summed E-state index contributed by atoms with van der Waals surface area (Å²) in [6.07, 6.45) is 3.63. The number of hydrogen-bond acceptors (Lipinski definition) is 1. The Hall–Kier alpha value is -0.700. The Labute approximate surface area is 129 Å². The molecule has 1 aromatic rings. The molecule has 0 amide bonds. The molecule has 1 saturated carbocycles. The molecule has 0 heterocycles. The van der Waals surface area contributed by atoms with Gasteiger partial charge in [0.2, 0.25) is 0 Å². The SMILES string of the molecule is CC1CCC(C(C)(C)Cc2ccc(F)c(Br)c2)C(=O)C1. The van der Waals surface area contributed by atoms with Crippen molar-refractivity contribution in [1.29, 1.82) is 0 Å². The number of benzene rings is 1. The summed E-state index contributed by atoms with van der Waals surface area (Å²) in [5.41, 5.74) is 1.00. The Kier molecular flexibility index (Phi) is 4.68. The fourth-order valence-corrected chi connectivity index (χ4v) is 3.75. The normalized spacial score (nSPS) is 23.9. The van der Waals surface area contributed by atoms with E-state index in [1.54, 1.807) is 0 Å². The summed E-state index contributed by atoms with van der Waals surface area (Å²) in [6, 6.07) is 5.13. The minimum atomic E-state index is -0.242. The molecule has 3 heteroatoms. The van der Waals surface area contributed by atoms with Crippen molar-refractivity contribution < 1.29 is 9.18 Å². The van der Waals surface area contributed by atoms with Crippen LogP contribution in [0.25, 0.3) is 0 Å². The zero-order valence-corrected chi connectivity index (χ0v) is 14.0. The third-order valence-corrected chi connectivity index (χ3v) is 5.08. The molecule has 0 aliphatic heterocycles. The molecule has 0 aromatic heterocycles. The predicted molar refractivity (Wildman–Crippen MR) is 83.1 cm³/mol. The molecule has 0 spiro atoms. The van der Waals surface area contributed by atoms with Gasteiger partial charge in [-0.15, -0.1) is 0 Å². The van der Waals surface area contributed by atoms with Gasteiger partial charge >= 0.3 is 0 Å². The second-order valence-electron chi connectivity index (χ2n) is 6.82. The van der Waals surface area contributed by atoms with Gasteiger partial charge in [0, 0.05) is 12.3 Å². The van der Waals surface area contributed by atoms with Crippen molar-refractivity contribution in [1.82, 2.24) is 0 Å². The van der Waals surface area contributed by atoms with Crippen LogP contribution in [0, 0.1) is 23.1 Å². The Bertz CT molecular complexity index is 510. The van der Waals surface area contributed by atoms with E-state index in [1.165, 1.54) is 6.07 Å². The highest BCUT2D eigenvalue weighted by molar-refractivity contribution is 9.10. The average Bonchev–Trinajstić information content (AvgIpc) is 2.33. The first-order chi connectivity index (χ1) is 9.29. The largest absolute Gasteiger partial charge is 0.299 e. The Morgan fingerprint density at radius 1 is 1.35 bits per heavy atom. The van der Waals surface area contributed by atoms with E-state index >= 15 is 0 Å². The fourth-order valence-electron chi connectivity index (χ4n) is 3.33. The van der Waals surface area contributed by atoms with Gasteiger partial charge in [0.15, 0.2) is 0 Å². The van der Waals surface area contributed by atoms with Gasteiger partial charge in [0.05, 0.1) is 4.47 Å². The first kappa shape index (κ1) is 15.7. The van der Waals surface area contributed by atoms with E-state index in [-0.39, 0.29) is 17.2 Å². The van der Waals surface area contributed by atoms with Crippen LogP contribution in [0.1, 0.15) is 45.6 Å². The highest BCUT2D eigenvalue weighted by Crippen LogP contribution is 2.40. The van der Waals surface area contributed by atoms with Crippen molar-refractivity contribution in [3.05, 3.63) is 34.1 Å². The molecule has 2 atom stereocenters. The van der Waals surface area contributed by atoms with Crippen LogP contribution in [-0.2, 0) is 11.2 Å². The molecular formula is C17H22BrFO. The van der Waals surface area contributed by atoms with E-state index in [2.05, 4.69) is 36.7 Å². The first-order valence-corrected chi connectivity index (χ1v) is 8.05. The van der Waals surface area contributed by atoms with Gasteiger partial charge in [-0.3, -0.25) is 4.79 Å². The van der Waals surface area contributed by atoms with E-state index in [1.807, 2.05) is 12.1 Å². The highest BCUT2D eigenvalue weighted by Gasteiger charge is 2.37. The molecule has 20 heavy (non-hydrogen) atoms. The quantitative estimate of drug-likeness (QED) is 0.742. The zero-order valence-electron chi connectivity index (χ0n) is 12.4. The molecule has 110 valence electrons. The number of hydrogen-bond donors (Lipinski definition) is 0. The molecule has 0 saturated heterocycles. The number of halogens is 2. The minimum Gasteiger partial charge on any atom is -0.299 e.